The van der Waals surface area contributed by atoms with Crippen molar-refractivity contribution >= 4 is 17.9 Å². The van der Waals surface area contributed by atoms with Crippen molar-refractivity contribution in [2.45, 2.75) is 20.0 Å². The Kier molecular flexibility index (Phi) is 6.91. The number of para-hydroxylation sites is 2. The van der Waals surface area contributed by atoms with Gasteiger partial charge in [0, 0.05) is 13.8 Å². The van der Waals surface area contributed by atoms with Crippen LogP contribution in [0.15, 0.2) is 24.3 Å². The number of ether oxygens (including phenoxy) is 2. The molecule has 0 aliphatic heterocycles. The van der Waals surface area contributed by atoms with Gasteiger partial charge in [-0.1, -0.05) is 12.1 Å². The summed E-state index contributed by atoms with van der Waals surface area (Å²) in [6.45, 7) is 2.56. The molecule has 21 heavy (non-hydrogen) atoms. The maximum atomic E-state index is 10.7. The monoisotopic (exact) mass is 308 g/mol. The van der Waals surface area contributed by atoms with E-state index >= 15 is 0 Å². The minimum atomic E-state index is -5.08. The number of carbonyl (C=O) groups excluding carboxylic acids is 2. The highest BCUT2D eigenvalue weighted by Crippen LogP contribution is 2.26. The van der Waals surface area contributed by atoms with Crippen LogP contribution < -0.4 is 9.47 Å². The number of alkyl halides is 3. The molecule has 1 N–H and O–H groups in total. The molecule has 1 aromatic rings. The van der Waals surface area contributed by atoms with E-state index in [4.69, 9.17) is 19.4 Å². The molecule has 1 rings (SSSR count). The van der Waals surface area contributed by atoms with Gasteiger partial charge in [-0.2, -0.15) is 13.2 Å². The smallest absolute Gasteiger partial charge is 0.475 e. The molecule has 116 valence electrons. The van der Waals surface area contributed by atoms with Gasteiger partial charge in [-0.25, -0.2) is 4.79 Å². The van der Waals surface area contributed by atoms with Crippen molar-refractivity contribution in [2.24, 2.45) is 0 Å². The highest BCUT2D eigenvalue weighted by molar-refractivity contribution is 5.73. The second-order valence-corrected chi connectivity index (χ2v) is 3.44. The predicted octanol–water partition coefficient (Wildman–Crippen LogP) is 2.17. The molecule has 0 heterocycles. The van der Waals surface area contributed by atoms with Gasteiger partial charge in [-0.15, -0.1) is 0 Å². The Bertz CT molecular complexity index is 489. The number of hydrogen-bond donors (Lipinski definition) is 1. The van der Waals surface area contributed by atoms with E-state index in [0.29, 0.717) is 0 Å². The largest absolute Gasteiger partial charge is 0.490 e. The molecule has 0 aliphatic carbocycles. The van der Waals surface area contributed by atoms with Crippen LogP contribution in [0, 0.1) is 0 Å². The Morgan fingerprint density at radius 2 is 1.24 bits per heavy atom. The van der Waals surface area contributed by atoms with Gasteiger partial charge in [0.2, 0.25) is 0 Å². The summed E-state index contributed by atoms with van der Waals surface area (Å²) in [5.41, 5.74) is 0. The molecule has 0 aromatic heterocycles. The average molecular weight is 308 g/mol. The molecule has 6 nitrogen and oxygen atoms in total. The van der Waals surface area contributed by atoms with E-state index in [0.717, 1.165) is 0 Å². The quantitative estimate of drug-likeness (QED) is 0.665. The standard InChI is InChI=1S/C10H10O4.C2HF3O2/c1-7(11)13-9-5-3-4-6-10(9)14-8(2)12;3-2(4,5)1(6)7/h3-6H,1-2H3;(H,6,7). The lowest BCUT2D eigenvalue weighted by Gasteiger charge is -2.06. The molecule has 0 spiro atoms. The van der Waals surface area contributed by atoms with Crippen molar-refractivity contribution in [1.82, 2.24) is 0 Å². The van der Waals surface area contributed by atoms with Gasteiger partial charge in [-0.3, -0.25) is 9.59 Å². The lowest BCUT2D eigenvalue weighted by atomic mass is 10.3. The van der Waals surface area contributed by atoms with Crippen molar-refractivity contribution in [1.29, 1.82) is 0 Å². The summed E-state index contributed by atoms with van der Waals surface area (Å²) in [5.74, 6) is -3.17. The summed E-state index contributed by atoms with van der Waals surface area (Å²) < 4.78 is 41.4. The third kappa shape index (κ3) is 8.24. The summed E-state index contributed by atoms with van der Waals surface area (Å²) >= 11 is 0. The van der Waals surface area contributed by atoms with E-state index in [1.54, 1.807) is 24.3 Å². The molecule has 0 atom stereocenters. The Labute approximate surface area is 117 Å². The molecular weight excluding hydrogens is 297 g/mol. The van der Waals surface area contributed by atoms with Crippen molar-refractivity contribution in [3.8, 4) is 11.5 Å². The minimum Gasteiger partial charge on any atom is -0.475 e. The summed E-state index contributed by atoms with van der Waals surface area (Å²) in [4.78, 5) is 30.3. The molecule has 0 radical (unpaired) electrons. The number of benzene rings is 1. The average Bonchev–Trinajstić information content (AvgIpc) is 2.30. The van der Waals surface area contributed by atoms with Crippen LogP contribution >= 0.6 is 0 Å². The second kappa shape index (κ2) is 7.88. The van der Waals surface area contributed by atoms with Crippen LogP contribution in [0.5, 0.6) is 11.5 Å². The van der Waals surface area contributed by atoms with E-state index in [9.17, 15) is 22.8 Å². The van der Waals surface area contributed by atoms with Crippen molar-refractivity contribution in [3.05, 3.63) is 24.3 Å². The van der Waals surface area contributed by atoms with Crippen molar-refractivity contribution < 1.29 is 42.1 Å². The molecule has 9 heteroatoms. The van der Waals surface area contributed by atoms with Gasteiger partial charge in [0.05, 0.1) is 0 Å². The van der Waals surface area contributed by atoms with Crippen LogP contribution in [0.2, 0.25) is 0 Å². The Morgan fingerprint density at radius 1 is 0.952 bits per heavy atom. The zero-order valence-electron chi connectivity index (χ0n) is 10.9. The number of hydrogen-bond acceptors (Lipinski definition) is 5. The topological polar surface area (TPSA) is 89.9 Å². The molecular formula is C12H11F3O6. The van der Waals surface area contributed by atoms with Crippen molar-refractivity contribution in [3.63, 3.8) is 0 Å². The Balaban J connectivity index is 0.000000486. The Hall–Kier alpha value is -2.58. The second-order valence-electron chi connectivity index (χ2n) is 3.44. The number of rotatable bonds is 2. The van der Waals surface area contributed by atoms with Gasteiger partial charge >= 0.3 is 24.1 Å². The highest BCUT2D eigenvalue weighted by atomic mass is 19.4. The highest BCUT2D eigenvalue weighted by Gasteiger charge is 2.38. The van der Waals surface area contributed by atoms with Crippen LogP contribution in [0.4, 0.5) is 13.2 Å². The molecule has 0 aliphatic rings. The van der Waals surface area contributed by atoms with Gasteiger partial charge < -0.3 is 14.6 Å². The molecule has 0 bridgehead atoms. The molecule has 0 unspecified atom stereocenters. The molecule has 0 saturated carbocycles. The maximum Gasteiger partial charge on any atom is 0.490 e. The zero-order valence-corrected chi connectivity index (χ0v) is 10.9. The summed E-state index contributed by atoms with van der Waals surface area (Å²) in [7, 11) is 0. The van der Waals surface area contributed by atoms with E-state index in [1.807, 2.05) is 0 Å². The van der Waals surface area contributed by atoms with Crippen LogP contribution in [0.25, 0.3) is 0 Å². The van der Waals surface area contributed by atoms with Gasteiger partial charge in [0.25, 0.3) is 0 Å². The van der Waals surface area contributed by atoms with Crippen LogP contribution in [0.3, 0.4) is 0 Å². The van der Waals surface area contributed by atoms with Crippen LogP contribution in [-0.4, -0.2) is 29.2 Å². The lowest BCUT2D eigenvalue weighted by Crippen LogP contribution is -2.21. The normalized spacial score (nSPS) is 9.95. The van der Waals surface area contributed by atoms with E-state index in [2.05, 4.69) is 0 Å². The number of carboxylic acids is 1. The van der Waals surface area contributed by atoms with Gasteiger partial charge in [0.1, 0.15) is 0 Å². The fourth-order valence-corrected chi connectivity index (χ4v) is 0.928. The molecule has 0 saturated heterocycles. The van der Waals surface area contributed by atoms with E-state index in [1.165, 1.54) is 13.8 Å². The summed E-state index contributed by atoms with van der Waals surface area (Å²) in [6, 6.07) is 6.48. The van der Waals surface area contributed by atoms with Gasteiger partial charge in [-0.05, 0) is 12.1 Å². The van der Waals surface area contributed by atoms with Crippen LogP contribution in [-0.2, 0) is 14.4 Å². The first kappa shape index (κ1) is 18.4. The number of esters is 2. The SMILES string of the molecule is CC(=O)Oc1ccccc1OC(C)=O.O=C(O)C(F)(F)F. The van der Waals surface area contributed by atoms with E-state index < -0.39 is 24.1 Å². The fraction of sp³-hybridized carbons (Fsp3) is 0.250. The Morgan fingerprint density at radius 3 is 1.43 bits per heavy atom. The summed E-state index contributed by atoms with van der Waals surface area (Å²) in [6.07, 6.45) is -5.08. The number of carboxylic acid groups (broad SMARTS) is 1. The molecule has 1 aromatic carbocycles. The minimum absolute atomic E-state index is 0.246. The first-order valence-corrected chi connectivity index (χ1v) is 5.30. The molecule has 0 fully saturated rings. The first-order chi connectivity index (χ1) is 9.54. The van der Waals surface area contributed by atoms with Crippen LogP contribution in [0.1, 0.15) is 13.8 Å². The summed E-state index contributed by atoms with van der Waals surface area (Å²) in [5, 5.41) is 7.12. The number of aliphatic carboxylic acids is 1. The van der Waals surface area contributed by atoms with Crippen molar-refractivity contribution in [2.75, 3.05) is 0 Å². The zero-order chi connectivity index (χ0) is 16.6. The maximum absolute atomic E-state index is 10.7. The third-order valence-corrected chi connectivity index (χ3v) is 1.60. The lowest BCUT2D eigenvalue weighted by molar-refractivity contribution is -0.192. The van der Waals surface area contributed by atoms with Gasteiger partial charge in [0.15, 0.2) is 11.5 Å². The first-order valence-electron chi connectivity index (χ1n) is 5.30. The third-order valence-electron chi connectivity index (χ3n) is 1.60. The fourth-order valence-electron chi connectivity index (χ4n) is 0.928. The number of carbonyl (C=O) groups is 3. The predicted molar refractivity (Wildman–Crippen MR) is 62.8 cm³/mol. The van der Waals surface area contributed by atoms with E-state index in [-0.39, 0.29) is 11.5 Å². The number of halogens is 3. The molecule has 0 amide bonds.